The van der Waals surface area contributed by atoms with Crippen LogP contribution in [-0.2, 0) is 4.79 Å². The van der Waals surface area contributed by atoms with Crippen LogP contribution >= 0.6 is 0 Å². The molecule has 1 aliphatic rings. The zero-order chi connectivity index (χ0) is 19.4. The molecule has 0 unspecified atom stereocenters. The zero-order valence-electron chi connectivity index (χ0n) is 16.4. The summed E-state index contributed by atoms with van der Waals surface area (Å²) < 4.78 is 17.2. The van der Waals surface area contributed by atoms with Crippen LogP contribution in [0.5, 0.6) is 17.2 Å². The minimum Gasteiger partial charge on any atom is -0.486 e. The highest BCUT2D eigenvalue weighted by molar-refractivity contribution is 5.81. The van der Waals surface area contributed by atoms with Gasteiger partial charge in [-0.3, -0.25) is 4.79 Å². The van der Waals surface area contributed by atoms with E-state index in [0.29, 0.717) is 19.6 Å². The van der Waals surface area contributed by atoms with Gasteiger partial charge in [0.25, 0.3) is 5.91 Å². The Kier molecular flexibility index (Phi) is 5.89. The van der Waals surface area contributed by atoms with Crippen molar-refractivity contribution >= 4 is 5.91 Å². The number of ether oxygens (including phenoxy) is 3. The second-order valence-electron chi connectivity index (χ2n) is 6.85. The third-order valence-electron chi connectivity index (χ3n) is 4.91. The molecule has 1 heterocycles. The minimum atomic E-state index is -0.537. The van der Waals surface area contributed by atoms with Crippen molar-refractivity contribution in [2.75, 3.05) is 13.2 Å². The lowest BCUT2D eigenvalue weighted by Crippen LogP contribution is -2.39. The molecule has 0 saturated heterocycles. The molecule has 0 fully saturated rings. The number of nitrogens with one attached hydrogen (secondary N) is 1. The molecule has 0 radical (unpaired) electrons. The summed E-state index contributed by atoms with van der Waals surface area (Å²) in [6, 6.07) is 11.5. The van der Waals surface area contributed by atoms with E-state index in [9.17, 15) is 4.79 Å². The first kappa shape index (κ1) is 19.1. The van der Waals surface area contributed by atoms with Crippen LogP contribution in [0.3, 0.4) is 0 Å². The molecule has 144 valence electrons. The fourth-order valence-electron chi connectivity index (χ4n) is 3.05. The van der Waals surface area contributed by atoms with Crippen LogP contribution in [0.15, 0.2) is 36.4 Å². The average Bonchev–Trinajstić information content (AvgIpc) is 2.68. The van der Waals surface area contributed by atoms with Crippen LogP contribution in [0.1, 0.15) is 43.0 Å². The molecule has 3 rings (SSSR count). The molecule has 0 bridgehead atoms. The summed E-state index contributed by atoms with van der Waals surface area (Å²) in [4.78, 5) is 12.8. The number of carbonyl (C=O) groups excluding carboxylic acids is 1. The van der Waals surface area contributed by atoms with Gasteiger partial charge < -0.3 is 19.5 Å². The number of aryl methyl sites for hydroxylation is 1. The quantitative estimate of drug-likeness (QED) is 0.833. The predicted molar refractivity (Wildman–Crippen MR) is 105 cm³/mol. The summed E-state index contributed by atoms with van der Waals surface area (Å²) in [7, 11) is 0. The Morgan fingerprint density at radius 2 is 1.89 bits per heavy atom. The molecule has 2 atom stereocenters. The number of fused-ring (bicyclic) bond motifs is 1. The van der Waals surface area contributed by atoms with Gasteiger partial charge >= 0.3 is 0 Å². The molecular formula is C22H27NO4. The van der Waals surface area contributed by atoms with E-state index in [0.717, 1.165) is 33.9 Å². The lowest BCUT2D eigenvalue weighted by molar-refractivity contribution is -0.128. The lowest BCUT2D eigenvalue weighted by atomic mass is 10.1. The Labute approximate surface area is 160 Å². The van der Waals surface area contributed by atoms with Crippen molar-refractivity contribution < 1.29 is 19.0 Å². The van der Waals surface area contributed by atoms with E-state index in [1.54, 1.807) is 0 Å². The Balaban J connectivity index is 1.68. The molecule has 1 aliphatic heterocycles. The summed E-state index contributed by atoms with van der Waals surface area (Å²) in [5.41, 5.74) is 3.17. The SMILES string of the molecule is CC[C@H](Oc1cccc(C)c1C)C(=O)N[C@H](C)c1ccc2c(c1)OCCO2. The molecule has 1 N–H and O–H groups in total. The Morgan fingerprint density at radius 3 is 2.63 bits per heavy atom. The fourth-order valence-corrected chi connectivity index (χ4v) is 3.05. The van der Waals surface area contributed by atoms with Crippen molar-refractivity contribution in [1.82, 2.24) is 5.32 Å². The van der Waals surface area contributed by atoms with E-state index in [-0.39, 0.29) is 11.9 Å². The molecule has 5 heteroatoms. The molecule has 0 saturated carbocycles. The molecule has 27 heavy (non-hydrogen) atoms. The Bertz CT molecular complexity index is 818. The highest BCUT2D eigenvalue weighted by atomic mass is 16.6. The van der Waals surface area contributed by atoms with Crippen LogP contribution in [0.25, 0.3) is 0 Å². The first-order chi connectivity index (χ1) is 13.0. The van der Waals surface area contributed by atoms with Crippen molar-refractivity contribution in [3.63, 3.8) is 0 Å². The predicted octanol–water partition coefficient (Wildman–Crippen LogP) is 4.11. The van der Waals surface area contributed by atoms with Gasteiger partial charge in [-0.05, 0) is 62.1 Å². The number of rotatable bonds is 6. The second-order valence-corrected chi connectivity index (χ2v) is 6.85. The first-order valence-corrected chi connectivity index (χ1v) is 9.42. The van der Waals surface area contributed by atoms with Gasteiger partial charge in [-0.25, -0.2) is 0 Å². The molecular weight excluding hydrogens is 342 g/mol. The number of carbonyl (C=O) groups is 1. The van der Waals surface area contributed by atoms with Gasteiger partial charge in [-0.1, -0.05) is 25.1 Å². The number of amides is 1. The van der Waals surface area contributed by atoms with Gasteiger partial charge in [0.15, 0.2) is 17.6 Å². The summed E-state index contributed by atoms with van der Waals surface area (Å²) in [6.07, 6.45) is 0.0535. The van der Waals surface area contributed by atoms with Crippen molar-refractivity contribution in [2.24, 2.45) is 0 Å². The molecule has 5 nitrogen and oxygen atoms in total. The van der Waals surface area contributed by atoms with Gasteiger partial charge in [-0.15, -0.1) is 0 Å². The normalized spacial score (nSPS) is 15.0. The molecule has 0 aromatic heterocycles. The number of hydrogen-bond acceptors (Lipinski definition) is 4. The fraction of sp³-hybridized carbons (Fsp3) is 0.409. The first-order valence-electron chi connectivity index (χ1n) is 9.42. The standard InChI is InChI=1S/C22H27NO4/c1-5-18(27-19-8-6-7-14(2)15(19)3)22(24)23-16(4)17-9-10-20-21(13-17)26-12-11-25-20/h6-10,13,16,18H,5,11-12H2,1-4H3,(H,23,24)/t16-,18+/m1/s1. The van der Waals surface area contributed by atoms with E-state index in [2.05, 4.69) is 5.32 Å². The van der Waals surface area contributed by atoms with Crippen LogP contribution in [-0.4, -0.2) is 25.2 Å². The highest BCUT2D eigenvalue weighted by Crippen LogP contribution is 2.32. The van der Waals surface area contributed by atoms with Crippen LogP contribution in [0.2, 0.25) is 0 Å². The van der Waals surface area contributed by atoms with Gasteiger partial charge in [0.1, 0.15) is 19.0 Å². The molecule has 1 amide bonds. The summed E-state index contributed by atoms with van der Waals surface area (Å²) in [5, 5.41) is 3.05. The van der Waals surface area contributed by atoms with Gasteiger partial charge in [0, 0.05) is 0 Å². The molecule has 0 aliphatic carbocycles. The maximum atomic E-state index is 12.8. The summed E-state index contributed by atoms with van der Waals surface area (Å²) >= 11 is 0. The number of hydrogen-bond donors (Lipinski definition) is 1. The van der Waals surface area contributed by atoms with Crippen LogP contribution in [0.4, 0.5) is 0 Å². The van der Waals surface area contributed by atoms with Crippen molar-refractivity contribution in [3.05, 3.63) is 53.1 Å². The third kappa shape index (κ3) is 4.35. The average molecular weight is 369 g/mol. The van der Waals surface area contributed by atoms with E-state index < -0.39 is 6.10 Å². The van der Waals surface area contributed by atoms with E-state index in [1.165, 1.54) is 0 Å². The lowest BCUT2D eigenvalue weighted by Gasteiger charge is -2.23. The van der Waals surface area contributed by atoms with E-state index in [4.69, 9.17) is 14.2 Å². The van der Waals surface area contributed by atoms with Crippen LogP contribution in [0, 0.1) is 13.8 Å². The van der Waals surface area contributed by atoms with Crippen molar-refractivity contribution in [3.8, 4) is 17.2 Å². The monoisotopic (exact) mass is 369 g/mol. The molecule has 0 spiro atoms. The molecule has 2 aromatic rings. The second kappa shape index (κ2) is 8.33. The summed E-state index contributed by atoms with van der Waals surface area (Å²) in [6.45, 7) is 9.05. The van der Waals surface area contributed by atoms with Crippen molar-refractivity contribution in [1.29, 1.82) is 0 Å². The van der Waals surface area contributed by atoms with Gasteiger partial charge in [0.2, 0.25) is 0 Å². The third-order valence-corrected chi connectivity index (χ3v) is 4.91. The maximum Gasteiger partial charge on any atom is 0.261 e. The van der Waals surface area contributed by atoms with E-state index >= 15 is 0 Å². The topological polar surface area (TPSA) is 56.8 Å². The maximum absolute atomic E-state index is 12.8. The molecule has 2 aromatic carbocycles. The van der Waals surface area contributed by atoms with Gasteiger partial charge in [0.05, 0.1) is 6.04 Å². The van der Waals surface area contributed by atoms with Crippen molar-refractivity contribution in [2.45, 2.75) is 46.3 Å². The van der Waals surface area contributed by atoms with Crippen LogP contribution < -0.4 is 19.5 Å². The smallest absolute Gasteiger partial charge is 0.261 e. The largest absolute Gasteiger partial charge is 0.486 e. The zero-order valence-corrected chi connectivity index (χ0v) is 16.4. The minimum absolute atomic E-state index is 0.124. The Hall–Kier alpha value is -2.69. The summed E-state index contributed by atoms with van der Waals surface area (Å²) in [5.74, 6) is 2.09. The Morgan fingerprint density at radius 1 is 1.15 bits per heavy atom. The highest BCUT2D eigenvalue weighted by Gasteiger charge is 2.22. The number of benzene rings is 2. The van der Waals surface area contributed by atoms with E-state index in [1.807, 2.05) is 64.1 Å². The van der Waals surface area contributed by atoms with Gasteiger partial charge in [-0.2, -0.15) is 0 Å².